The molecule has 0 saturated carbocycles. The predicted octanol–water partition coefficient (Wildman–Crippen LogP) is 3.76. The second-order valence-electron chi connectivity index (χ2n) is 5.52. The van der Waals surface area contributed by atoms with E-state index in [1.807, 2.05) is 0 Å². The van der Waals surface area contributed by atoms with Crippen molar-refractivity contribution in [2.45, 2.75) is 51.9 Å². The minimum absolute atomic E-state index is 0.0186. The molecule has 2 atom stereocenters. The molecular weight excluding hydrogens is 346 g/mol. The van der Waals surface area contributed by atoms with E-state index in [2.05, 4.69) is 4.74 Å². The molecule has 1 heterocycles. The van der Waals surface area contributed by atoms with Crippen LogP contribution < -0.4 is 0 Å². The first-order valence-corrected chi connectivity index (χ1v) is 7.20. The molecule has 0 spiro atoms. The summed E-state index contributed by atoms with van der Waals surface area (Å²) in [6.07, 6.45) is -14.4. The van der Waals surface area contributed by atoms with Gasteiger partial charge in [-0.2, -0.15) is 26.3 Å². The maximum Gasteiger partial charge on any atom is 0.454 e. The normalized spacial score (nSPS) is 22.8. The van der Waals surface area contributed by atoms with Crippen molar-refractivity contribution in [3.05, 3.63) is 11.3 Å². The number of hydrogen-bond acceptors (Lipinski definition) is 4. The van der Waals surface area contributed by atoms with E-state index in [1.165, 1.54) is 6.92 Å². The molecule has 24 heavy (non-hydrogen) atoms. The molecule has 0 aliphatic carbocycles. The number of alkyl halides is 6. The summed E-state index contributed by atoms with van der Waals surface area (Å²) in [5.74, 6) is -4.79. The highest BCUT2D eigenvalue weighted by molar-refractivity contribution is 6.01. The number of rotatable bonds is 6. The van der Waals surface area contributed by atoms with Gasteiger partial charge in [-0.15, -0.1) is 0 Å². The zero-order valence-electron chi connectivity index (χ0n) is 13.3. The Labute approximate surface area is 134 Å². The van der Waals surface area contributed by atoms with E-state index in [0.717, 1.165) is 0 Å². The monoisotopic (exact) mass is 364 g/mol. The summed E-state index contributed by atoms with van der Waals surface area (Å²) >= 11 is 0. The molecule has 140 valence electrons. The quantitative estimate of drug-likeness (QED) is 0.674. The van der Waals surface area contributed by atoms with E-state index in [1.54, 1.807) is 13.8 Å². The average Bonchev–Trinajstić information content (AvgIpc) is 2.42. The van der Waals surface area contributed by atoms with E-state index in [-0.39, 0.29) is 19.1 Å². The van der Waals surface area contributed by atoms with Gasteiger partial charge in [0, 0.05) is 19.6 Å². The standard InChI is InChI=1S/C14H18F6O4/c1-4-22-9-5-8(23-6-7(2)3)10(11(21)13(15,16)17)12(24-9)14(18,19)20/h7-9H,4-6H2,1-3H3. The molecule has 0 bridgehead atoms. The third-order valence-corrected chi connectivity index (χ3v) is 2.97. The van der Waals surface area contributed by atoms with Gasteiger partial charge in [0.2, 0.25) is 12.0 Å². The molecule has 2 unspecified atom stereocenters. The van der Waals surface area contributed by atoms with Crippen LogP contribution >= 0.6 is 0 Å². The van der Waals surface area contributed by atoms with Crippen molar-refractivity contribution in [1.82, 2.24) is 0 Å². The van der Waals surface area contributed by atoms with Crippen LogP contribution in [-0.4, -0.2) is 43.7 Å². The molecule has 0 radical (unpaired) electrons. The number of allylic oxidation sites excluding steroid dienone is 1. The molecule has 0 aromatic heterocycles. The smallest absolute Gasteiger partial charge is 0.454 e. The minimum atomic E-state index is -5.48. The van der Waals surface area contributed by atoms with Gasteiger partial charge in [0.15, 0.2) is 0 Å². The van der Waals surface area contributed by atoms with E-state index in [0.29, 0.717) is 0 Å². The molecule has 0 fully saturated rings. The van der Waals surface area contributed by atoms with E-state index in [4.69, 9.17) is 9.47 Å². The van der Waals surface area contributed by atoms with Gasteiger partial charge in [0.25, 0.3) is 5.78 Å². The van der Waals surface area contributed by atoms with Gasteiger partial charge in [-0.05, 0) is 12.8 Å². The summed E-state index contributed by atoms with van der Waals surface area (Å²) in [6, 6.07) is 0. The minimum Gasteiger partial charge on any atom is -0.459 e. The molecule has 0 saturated heterocycles. The Morgan fingerprint density at radius 3 is 2.21 bits per heavy atom. The van der Waals surface area contributed by atoms with Crippen molar-refractivity contribution in [2.24, 2.45) is 5.92 Å². The van der Waals surface area contributed by atoms with Crippen molar-refractivity contribution >= 4 is 5.78 Å². The summed E-state index contributed by atoms with van der Waals surface area (Å²) in [7, 11) is 0. The molecule has 10 heteroatoms. The second-order valence-corrected chi connectivity index (χ2v) is 5.52. The lowest BCUT2D eigenvalue weighted by Crippen LogP contribution is -2.43. The fourth-order valence-corrected chi connectivity index (χ4v) is 2.05. The van der Waals surface area contributed by atoms with Crippen LogP contribution in [0.15, 0.2) is 11.3 Å². The number of Topliss-reactive ketones (excluding diaryl/α,β-unsaturated/α-hetero) is 1. The number of hydrogen-bond donors (Lipinski definition) is 0. The Balaban J connectivity index is 3.34. The van der Waals surface area contributed by atoms with Crippen molar-refractivity contribution < 1.29 is 45.3 Å². The molecule has 1 aliphatic rings. The third-order valence-electron chi connectivity index (χ3n) is 2.97. The van der Waals surface area contributed by atoms with Gasteiger partial charge in [0.05, 0.1) is 11.7 Å². The van der Waals surface area contributed by atoms with Gasteiger partial charge in [-0.1, -0.05) is 13.8 Å². The van der Waals surface area contributed by atoms with Crippen LogP contribution in [0.25, 0.3) is 0 Å². The average molecular weight is 364 g/mol. The highest BCUT2D eigenvalue weighted by atomic mass is 19.4. The van der Waals surface area contributed by atoms with Crippen molar-refractivity contribution in [3.63, 3.8) is 0 Å². The molecule has 0 N–H and O–H groups in total. The number of carbonyl (C=O) groups excluding carboxylic acids is 1. The van der Waals surface area contributed by atoms with Gasteiger partial charge in [-0.3, -0.25) is 4.79 Å². The summed E-state index contributed by atoms with van der Waals surface area (Å²) < 4.78 is 92.0. The Kier molecular flexibility index (Phi) is 6.68. The number of halogens is 6. The summed E-state index contributed by atoms with van der Waals surface area (Å²) in [5, 5.41) is 0. The largest absolute Gasteiger partial charge is 0.459 e. The van der Waals surface area contributed by atoms with Gasteiger partial charge < -0.3 is 14.2 Å². The molecule has 0 amide bonds. The number of ether oxygens (including phenoxy) is 3. The highest BCUT2D eigenvalue weighted by Gasteiger charge is 2.53. The number of carbonyl (C=O) groups is 1. The maximum absolute atomic E-state index is 13.1. The molecule has 4 nitrogen and oxygen atoms in total. The highest BCUT2D eigenvalue weighted by Crippen LogP contribution is 2.40. The topological polar surface area (TPSA) is 44.8 Å². The molecule has 1 aliphatic heterocycles. The summed E-state index contributed by atoms with van der Waals surface area (Å²) in [6.45, 7) is 4.68. The van der Waals surface area contributed by atoms with Gasteiger partial charge >= 0.3 is 12.4 Å². The first-order chi connectivity index (χ1) is 10.9. The Morgan fingerprint density at radius 1 is 1.21 bits per heavy atom. The van der Waals surface area contributed by atoms with E-state index in [9.17, 15) is 31.1 Å². The predicted molar refractivity (Wildman–Crippen MR) is 69.8 cm³/mol. The van der Waals surface area contributed by atoms with Gasteiger partial charge in [0.1, 0.15) is 0 Å². The van der Waals surface area contributed by atoms with Crippen LogP contribution in [0.2, 0.25) is 0 Å². The number of ketones is 1. The zero-order chi connectivity index (χ0) is 18.7. The van der Waals surface area contributed by atoms with Crippen LogP contribution in [0.4, 0.5) is 26.3 Å². The zero-order valence-corrected chi connectivity index (χ0v) is 13.3. The van der Waals surface area contributed by atoms with Crippen LogP contribution in [-0.2, 0) is 19.0 Å². The van der Waals surface area contributed by atoms with Crippen molar-refractivity contribution in [1.29, 1.82) is 0 Å². The first-order valence-electron chi connectivity index (χ1n) is 7.20. The lowest BCUT2D eigenvalue weighted by atomic mass is 9.97. The van der Waals surface area contributed by atoms with E-state index >= 15 is 0 Å². The summed E-state index contributed by atoms with van der Waals surface area (Å²) in [5.41, 5.74) is -1.56. The molecule has 1 rings (SSSR count). The SMILES string of the molecule is CCOC1CC(OCC(C)C)C(C(=O)C(F)(F)F)=C(C(F)(F)F)O1. The van der Waals surface area contributed by atoms with Gasteiger partial charge in [-0.25, -0.2) is 0 Å². The van der Waals surface area contributed by atoms with Crippen LogP contribution in [0.1, 0.15) is 27.2 Å². The third kappa shape index (κ3) is 5.37. The lowest BCUT2D eigenvalue weighted by Gasteiger charge is -2.34. The fourth-order valence-electron chi connectivity index (χ4n) is 2.05. The Morgan fingerprint density at radius 2 is 1.79 bits per heavy atom. The van der Waals surface area contributed by atoms with Crippen LogP contribution in [0.3, 0.4) is 0 Å². The van der Waals surface area contributed by atoms with Crippen molar-refractivity contribution in [2.75, 3.05) is 13.2 Å². The lowest BCUT2D eigenvalue weighted by molar-refractivity contribution is -0.210. The Bertz CT molecular complexity index is 481. The molecule has 0 aromatic carbocycles. The fraction of sp³-hybridized carbons (Fsp3) is 0.786. The van der Waals surface area contributed by atoms with E-state index < -0.39 is 48.3 Å². The van der Waals surface area contributed by atoms with Crippen LogP contribution in [0.5, 0.6) is 0 Å². The maximum atomic E-state index is 13.1. The van der Waals surface area contributed by atoms with Crippen LogP contribution in [0, 0.1) is 5.92 Å². The summed E-state index contributed by atoms with van der Waals surface area (Å²) in [4.78, 5) is 11.5. The van der Waals surface area contributed by atoms with Crippen molar-refractivity contribution in [3.8, 4) is 0 Å². The second kappa shape index (κ2) is 7.73. The Hall–Kier alpha value is -1.29. The molecular formula is C14H18F6O4. The molecule has 0 aromatic rings. The first kappa shape index (κ1) is 20.8.